The summed E-state index contributed by atoms with van der Waals surface area (Å²) in [5, 5.41) is 15.0. The molecule has 52 heavy (non-hydrogen) atoms. The van der Waals surface area contributed by atoms with Crippen molar-refractivity contribution in [2.24, 2.45) is 11.7 Å². The van der Waals surface area contributed by atoms with Crippen LogP contribution in [0.1, 0.15) is 36.5 Å². The van der Waals surface area contributed by atoms with E-state index in [2.05, 4.69) is 26.3 Å². The first kappa shape index (κ1) is 36.3. The van der Waals surface area contributed by atoms with Gasteiger partial charge in [0.25, 0.3) is 0 Å². The molecule has 1 aromatic heterocycles. The van der Waals surface area contributed by atoms with Crippen LogP contribution in [0.5, 0.6) is 0 Å². The van der Waals surface area contributed by atoms with Gasteiger partial charge in [-0.05, 0) is 66.4 Å². The summed E-state index contributed by atoms with van der Waals surface area (Å²) in [6.45, 7) is 3.33. The number of nitrogens with two attached hydrogens (primary N) is 1. The molecule has 11 nitrogen and oxygen atoms in total. The first-order chi connectivity index (χ1) is 25.2. The van der Waals surface area contributed by atoms with Gasteiger partial charge >= 0.3 is 0 Å². The lowest BCUT2D eigenvalue weighted by molar-refractivity contribution is -0.135. The lowest BCUT2D eigenvalue weighted by Gasteiger charge is -2.28. The summed E-state index contributed by atoms with van der Waals surface area (Å²) in [6.07, 6.45) is 2.69. The highest BCUT2D eigenvalue weighted by Crippen LogP contribution is 2.21. The fraction of sp³-hybridized carbons (Fsp3) is 0.317. The minimum absolute atomic E-state index is 0.108. The molecule has 1 aliphatic rings. The Bertz CT molecular complexity index is 2010. The number of aromatic nitrogens is 1. The molecule has 1 saturated heterocycles. The number of amides is 4. The lowest BCUT2D eigenvalue weighted by Crippen LogP contribution is -2.59. The molecule has 2 heterocycles. The van der Waals surface area contributed by atoms with Gasteiger partial charge in [0.1, 0.15) is 18.1 Å². The summed E-state index contributed by atoms with van der Waals surface area (Å²) < 4.78 is 5.95. The van der Waals surface area contributed by atoms with Crippen molar-refractivity contribution >= 4 is 45.3 Å². The van der Waals surface area contributed by atoms with Crippen molar-refractivity contribution in [3.63, 3.8) is 0 Å². The molecule has 5 aromatic rings. The van der Waals surface area contributed by atoms with E-state index in [4.69, 9.17) is 10.5 Å². The van der Waals surface area contributed by atoms with Crippen LogP contribution in [-0.2, 0) is 43.4 Å². The maximum absolute atomic E-state index is 14.3. The second-order valence-electron chi connectivity index (χ2n) is 13.5. The first-order valence-corrected chi connectivity index (χ1v) is 17.8. The molecule has 1 unspecified atom stereocenters. The average molecular weight is 703 g/mol. The number of rotatable bonds is 15. The van der Waals surface area contributed by atoms with Gasteiger partial charge in [-0.3, -0.25) is 19.2 Å². The predicted molar refractivity (Wildman–Crippen MR) is 201 cm³/mol. The van der Waals surface area contributed by atoms with Crippen LogP contribution in [0.2, 0.25) is 0 Å². The Morgan fingerprint density at radius 1 is 0.769 bits per heavy atom. The molecular formula is C41H46N6O5. The molecular weight excluding hydrogens is 656 g/mol. The molecule has 1 fully saturated rings. The highest BCUT2D eigenvalue weighted by atomic mass is 16.5. The number of benzene rings is 4. The molecule has 4 amide bonds. The van der Waals surface area contributed by atoms with Crippen LogP contribution in [0.4, 0.5) is 0 Å². The fourth-order valence-corrected chi connectivity index (χ4v) is 6.76. The van der Waals surface area contributed by atoms with E-state index in [0.29, 0.717) is 12.8 Å². The number of aromatic amines is 1. The van der Waals surface area contributed by atoms with Gasteiger partial charge in [-0.15, -0.1) is 0 Å². The Balaban J connectivity index is 1.25. The Morgan fingerprint density at radius 3 is 2.21 bits per heavy atom. The molecule has 11 heteroatoms. The number of carbonyl (C=O) groups is 4. The van der Waals surface area contributed by atoms with Crippen LogP contribution in [0.25, 0.3) is 21.7 Å². The van der Waals surface area contributed by atoms with Gasteiger partial charge in [-0.2, -0.15) is 0 Å². The molecule has 0 radical (unpaired) electrons. The number of piperidine rings is 1. The van der Waals surface area contributed by atoms with E-state index in [-0.39, 0.29) is 31.3 Å². The summed E-state index contributed by atoms with van der Waals surface area (Å²) in [7, 11) is 0. The molecule has 1 aliphatic heterocycles. The largest absolute Gasteiger partial charge is 0.371 e. The number of nitrogens with one attached hydrogen (secondary N) is 5. The smallest absolute Gasteiger partial charge is 0.243 e. The summed E-state index contributed by atoms with van der Waals surface area (Å²) in [5.74, 6) is -2.31. The van der Waals surface area contributed by atoms with E-state index in [0.717, 1.165) is 51.5 Å². The maximum atomic E-state index is 14.3. The van der Waals surface area contributed by atoms with E-state index in [9.17, 15) is 19.2 Å². The fourth-order valence-electron chi connectivity index (χ4n) is 6.76. The van der Waals surface area contributed by atoms with Crippen LogP contribution in [0, 0.1) is 5.92 Å². The first-order valence-electron chi connectivity index (χ1n) is 17.8. The highest BCUT2D eigenvalue weighted by molar-refractivity contribution is 5.95. The van der Waals surface area contributed by atoms with E-state index < -0.39 is 42.0 Å². The predicted octanol–water partition coefficient (Wildman–Crippen LogP) is 3.65. The minimum Gasteiger partial charge on any atom is -0.371 e. The Morgan fingerprint density at radius 2 is 1.44 bits per heavy atom. The van der Waals surface area contributed by atoms with Gasteiger partial charge in [-0.1, -0.05) is 91.0 Å². The Hall–Kier alpha value is -5.52. The van der Waals surface area contributed by atoms with E-state index in [1.807, 2.05) is 97.1 Å². The number of primary amides is 1. The number of fused-ring (bicyclic) bond motifs is 2. The molecule has 6 rings (SSSR count). The van der Waals surface area contributed by atoms with Gasteiger partial charge in [0.15, 0.2) is 0 Å². The third-order valence-corrected chi connectivity index (χ3v) is 9.76. The van der Waals surface area contributed by atoms with Crippen molar-refractivity contribution in [1.29, 1.82) is 0 Å². The molecule has 0 bridgehead atoms. The highest BCUT2D eigenvalue weighted by Gasteiger charge is 2.33. The normalized spacial score (nSPS) is 15.7. The van der Waals surface area contributed by atoms with Crippen molar-refractivity contribution < 1.29 is 23.9 Å². The number of hydrogen-bond donors (Lipinski definition) is 6. The molecule has 4 aromatic carbocycles. The lowest BCUT2D eigenvalue weighted by atomic mass is 9.95. The van der Waals surface area contributed by atoms with Gasteiger partial charge < -0.3 is 36.7 Å². The number of para-hydroxylation sites is 1. The third-order valence-electron chi connectivity index (χ3n) is 9.76. The Kier molecular flexibility index (Phi) is 11.9. The van der Waals surface area contributed by atoms with E-state index >= 15 is 0 Å². The number of H-pyrrole nitrogens is 1. The van der Waals surface area contributed by atoms with Crippen molar-refractivity contribution in [3.05, 3.63) is 120 Å². The zero-order chi connectivity index (χ0) is 36.5. The molecule has 0 saturated carbocycles. The van der Waals surface area contributed by atoms with Crippen molar-refractivity contribution in [2.45, 2.75) is 63.4 Å². The zero-order valence-corrected chi connectivity index (χ0v) is 29.3. The van der Waals surface area contributed by atoms with Crippen molar-refractivity contribution in [3.8, 4) is 0 Å². The van der Waals surface area contributed by atoms with E-state index in [1.165, 1.54) is 0 Å². The SMILES string of the molecule is CC(OCc1ccccc1)[C@H](NC(=O)[C@@H](Cc1c[nH]c2ccccc12)NC(=O)[C@@H](Cc1ccc2ccccc2c1)NC(=O)C1CCNCC1)C(N)=O. The van der Waals surface area contributed by atoms with Crippen LogP contribution in [0.15, 0.2) is 103 Å². The summed E-state index contributed by atoms with van der Waals surface area (Å²) in [6, 6.07) is 27.8. The molecule has 0 aliphatic carbocycles. The summed E-state index contributed by atoms with van der Waals surface area (Å²) in [5.41, 5.74) is 9.22. The monoisotopic (exact) mass is 702 g/mol. The molecule has 7 N–H and O–H groups in total. The van der Waals surface area contributed by atoms with Crippen LogP contribution >= 0.6 is 0 Å². The number of hydrogen-bond acceptors (Lipinski definition) is 6. The van der Waals surface area contributed by atoms with Gasteiger partial charge in [0.05, 0.1) is 12.7 Å². The summed E-state index contributed by atoms with van der Waals surface area (Å²) in [4.78, 5) is 57.9. The third kappa shape index (κ3) is 9.22. The second kappa shape index (κ2) is 17.1. The zero-order valence-electron chi connectivity index (χ0n) is 29.3. The minimum atomic E-state index is -1.17. The van der Waals surface area contributed by atoms with Crippen molar-refractivity contribution in [1.82, 2.24) is 26.3 Å². The standard InChI is InChI=1S/C41H46N6O5/c1-26(52-25-27-9-3-2-4-10-27)37(38(42)48)47-41(51)36(23-32-24-44-34-14-8-7-13-33(32)34)46-40(50)35(45-39(49)30-17-19-43-20-18-30)22-28-15-16-29-11-5-6-12-31(29)21-28/h2-16,21,24,26,30,35-37,43-44H,17-20,22-23,25H2,1H3,(H2,42,48)(H,45,49)(H,46,50)(H,47,51)/t26?,35-,36-,37+/m1/s1. The van der Waals surface area contributed by atoms with E-state index in [1.54, 1.807) is 13.1 Å². The van der Waals surface area contributed by atoms with Gasteiger partial charge in [0, 0.05) is 35.9 Å². The summed E-state index contributed by atoms with van der Waals surface area (Å²) >= 11 is 0. The quantitative estimate of drug-likeness (QED) is 0.0974. The van der Waals surface area contributed by atoms with Gasteiger partial charge in [0.2, 0.25) is 23.6 Å². The van der Waals surface area contributed by atoms with Crippen LogP contribution in [0.3, 0.4) is 0 Å². The second-order valence-corrected chi connectivity index (χ2v) is 13.5. The number of ether oxygens (including phenoxy) is 1. The van der Waals surface area contributed by atoms with Crippen molar-refractivity contribution in [2.75, 3.05) is 13.1 Å². The Labute approximate surface area is 303 Å². The molecule has 270 valence electrons. The molecule has 4 atom stereocenters. The number of carbonyl (C=O) groups excluding carboxylic acids is 4. The topological polar surface area (TPSA) is 167 Å². The average Bonchev–Trinajstić information content (AvgIpc) is 3.58. The van der Waals surface area contributed by atoms with Crippen LogP contribution < -0.4 is 27.0 Å². The maximum Gasteiger partial charge on any atom is 0.243 e. The molecule has 0 spiro atoms. The van der Waals surface area contributed by atoms with Crippen LogP contribution in [-0.4, -0.2) is 65.9 Å². The van der Waals surface area contributed by atoms with Gasteiger partial charge in [-0.25, -0.2) is 0 Å².